The summed E-state index contributed by atoms with van der Waals surface area (Å²) in [6, 6.07) is 8.09. The van der Waals surface area contributed by atoms with E-state index >= 15 is 0 Å². The molecule has 4 aromatic rings. The molecule has 0 amide bonds. The second kappa shape index (κ2) is 7.14. The highest BCUT2D eigenvalue weighted by Gasteiger charge is 2.17. The van der Waals surface area contributed by atoms with Gasteiger partial charge in [0.1, 0.15) is 5.58 Å². The number of benzene rings is 2. The molecule has 6 nitrogen and oxygen atoms in total. The summed E-state index contributed by atoms with van der Waals surface area (Å²) in [6.07, 6.45) is 6.60. The molecular formula is C20H12Cl2N2O4. The molecule has 4 rings (SSSR count). The van der Waals surface area contributed by atoms with Gasteiger partial charge in [0.2, 0.25) is 0 Å². The maximum Gasteiger partial charge on any atom is 0.270 e. The molecule has 2 heterocycles. The van der Waals surface area contributed by atoms with Gasteiger partial charge in [-0.15, -0.1) is 0 Å². The number of furan rings is 1. The van der Waals surface area contributed by atoms with Gasteiger partial charge in [-0.25, -0.2) is 0 Å². The van der Waals surface area contributed by atoms with Crippen molar-refractivity contribution in [2.24, 2.45) is 0 Å². The van der Waals surface area contributed by atoms with Crippen LogP contribution in [0.25, 0.3) is 34.1 Å². The highest BCUT2D eigenvalue weighted by atomic mass is 35.5. The molecular weight excluding hydrogens is 403 g/mol. The molecule has 0 saturated heterocycles. The summed E-state index contributed by atoms with van der Waals surface area (Å²) in [4.78, 5) is 14.7. The zero-order valence-corrected chi connectivity index (χ0v) is 16.0. The molecule has 2 aromatic heterocycles. The Morgan fingerprint density at radius 1 is 1.14 bits per heavy atom. The van der Waals surface area contributed by atoms with Crippen molar-refractivity contribution in [1.82, 2.24) is 4.98 Å². The van der Waals surface area contributed by atoms with E-state index in [0.29, 0.717) is 43.3 Å². The molecule has 0 aliphatic rings. The zero-order chi connectivity index (χ0) is 19.8. The van der Waals surface area contributed by atoms with Crippen LogP contribution >= 0.6 is 23.2 Å². The number of nitro groups is 1. The Hall–Kier alpha value is -3.09. The van der Waals surface area contributed by atoms with Crippen LogP contribution in [0.15, 0.2) is 47.1 Å². The number of hydrogen-bond acceptors (Lipinski definition) is 5. The normalized spacial score (nSPS) is 11.5. The Kier molecular flexibility index (Phi) is 4.66. The molecule has 0 saturated carbocycles. The molecule has 140 valence electrons. The lowest BCUT2D eigenvalue weighted by Crippen LogP contribution is -1.87. The number of fused-ring (bicyclic) bond motifs is 3. The standard InChI is InChI=1S/C20H12Cl2N2O4/c1-27-18-6-3-11(2-5-13-15(21)9-23-10-16(13)22)19-14-8-12(24(25)26)4-7-17(14)28-20(18)19/h2-10H,1H3. The number of ether oxygens (including phenoxy) is 1. The van der Waals surface area contributed by atoms with Crippen LogP contribution in [-0.2, 0) is 0 Å². The third-order valence-electron chi connectivity index (χ3n) is 4.35. The third kappa shape index (κ3) is 3.06. The Bertz CT molecular complexity index is 1240. The predicted octanol–water partition coefficient (Wildman–Crippen LogP) is 6.38. The van der Waals surface area contributed by atoms with Gasteiger partial charge >= 0.3 is 0 Å². The van der Waals surface area contributed by atoms with E-state index in [-0.39, 0.29) is 5.69 Å². The van der Waals surface area contributed by atoms with Crippen molar-refractivity contribution in [3.63, 3.8) is 0 Å². The minimum atomic E-state index is -0.440. The number of non-ortho nitro benzene ring substituents is 1. The first-order valence-electron chi connectivity index (χ1n) is 8.14. The van der Waals surface area contributed by atoms with Crippen molar-refractivity contribution in [1.29, 1.82) is 0 Å². The van der Waals surface area contributed by atoms with Gasteiger partial charge in [0, 0.05) is 40.9 Å². The monoisotopic (exact) mass is 414 g/mol. The fourth-order valence-electron chi connectivity index (χ4n) is 3.04. The highest BCUT2D eigenvalue weighted by Crippen LogP contribution is 2.39. The molecule has 0 fully saturated rings. The molecule has 8 heteroatoms. The number of hydrogen-bond donors (Lipinski definition) is 0. The molecule has 0 aliphatic carbocycles. The quantitative estimate of drug-likeness (QED) is 0.286. The van der Waals surface area contributed by atoms with Gasteiger partial charge in [-0.2, -0.15) is 0 Å². The molecule has 0 radical (unpaired) electrons. The predicted molar refractivity (Wildman–Crippen MR) is 110 cm³/mol. The summed E-state index contributed by atoms with van der Waals surface area (Å²) in [5, 5.41) is 13.4. The number of nitrogens with zero attached hydrogens (tertiary/aromatic N) is 2. The van der Waals surface area contributed by atoms with Crippen molar-refractivity contribution in [3.05, 3.63) is 74.0 Å². The van der Waals surface area contributed by atoms with Gasteiger partial charge in [0.15, 0.2) is 11.3 Å². The number of halogens is 2. The van der Waals surface area contributed by atoms with E-state index in [1.165, 1.54) is 31.6 Å². The van der Waals surface area contributed by atoms with Crippen LogP contribution in [0.3, 0.4) is 0 Å². The average Bonchev–Trinajstić information content (AvgIpc) is 3.06. The van der Waals surface area contributed by atoms with E-state index < -0.39 is 4.92 Å². The average molecular weight is 415 g/mol. The van der Waals surface area contributed by atoms with Crippen LogP contribution in [0.1, 0.15) is 11.1 Å². The van der Waals surface area contributed by atoms with Crippen LogP contribution < -0.4 is 4.74 Å². The van der Waals surface area contributed by atoms with Crippen LogP contribution in [0.2, 0.25) is 10.0 Å². The molecule has 28 heavy (non-hydrogen) atoms. The second-order valence-corrected chi connectivity index (χ2v) is 6.77. The van der Waals surface area contributed by atoms with Crippen LogP contribution in [-0.4, -0.2) is 17.0 Å². The first kappa shape index (κ1) is 18.3. The first-order valence-corrected chi connectivity index (χ1v) is 8.90. The number of aromatic nitrogens is 1. The van der Waals surface area contributed by atoms with Gasteiger partial charge in [-0.1, -0.05) is 41.4 Å². The molecule has 0 atom stereocenters. The van der Waals surface area contributed by atoms with E-state index in [0.717, 1.165) is 5.56 Å². The first-order chi connectivity index (χ1) is 13.5. The molecule has 0 spiro atoms. The second-order valence-electron chi connectivity index (χ2n) is 5.95. The third-order valence-corrected chi connectivity index (χ3v) is 4.95. The summed E-state index contributed by atoms with van der Waals surface area (Å²) in [5.41, 5.74) is 2.42. The Labute approximate surface area is 169 Å². The zero-order valence-electron chi connectivity index (χ0n) is 14.5. The molecule has 0 bridgehead atoms. The van der Waals surface area contributed by atoms with E-state index in [2.05, 4.69) is 4.98 Å². The lowest BCUT2D eigenvalue weighted by atomic mass is 10.0. The van der Waals surface area contributed by atoms with Crippen LogP contribution in [0.4, 0.5) is 5.69 Å². The fraction of sp³-hybridized carbons (Fsp3) is 0.0500. The summed E-state index contributed by atoms with van der Waals surface area (Å²) in [6.45, 7) is 0. The lowest BCUT2D eigenvalue weighted by molar-refractivity contribution is -0.384. The molecule has 0 N–H and O–H groups in total. The van der Waals surface area contributed by atoms with Gasteiger partial charge in [-0.05, 0) is 17.7 Å². The van der Waals surface area contributed by atoms with Crippen molar-refractivity contribution in [3.8, 4) is 5.75 Å². The van der Waals surface area contributed by atoms with Crippen molar-refractivity contribution in [2.75, 3.05) is 7.11 Å². The number of rotatable bonds is 4. The maximum absolute atomic E-state index is 11.2. The molecule has 0 unspecified atom stereocenters. The molecule has 2 aromatic carbocycles. The summed E-state index contributed by atoms with van der Waals surface area (Å²) in [5.74, 6) is 0.533. The Morgan fingerprint density at radius 2 is 1.89 bits per heavy atom. The smallest absolute Gasteiger partial charge is 0.270 e. The summed E-state index contributed by atoms with van der Waals surface area (Å²) in [7, 11) is 1.54. The van der Waals surface area contributed by atoms with Gasteiger partial charge < -0.3 is 9.15 Å². The fourth-order valence-corrected chi connectivity index (χ4v) is 3.53. The van der Waals surface area contributed by atoms with Crippen molar-refractivity contribution in [2.45, 2.75) is 0 Å². The van der Waals surface area contributed by atoms with Crippen LogP contribution in [0, 0.1) is 10.1 Å². The lowest BCUT2D eigenvalue weighted by Gasteiger charge is -2.04. The minimum absolute atomic E-state index is 0.0202. The minimum Gasteiger partial charge on any atom is -0.493 e. The highest BCUT2D eigenvalue weighted by molar-refractivity contribution is 6.37. The summed E-state index contributed by atoms with van der Waals surface area (Å²) >= 11 is 12.4. The summed E-state index contributed by atoms with van der Waals surface area (Å²) < 4.78 is 11.3. The van der Waals surface area contributed by atoms with Gasteiger partial charge in [0.05, 0.1) is 22.1 Å². The van der Waals surface area contributed by atoms with Crippen LogP contribution in [0.5, 0.6) is 5.75 Å². The SMILES string of the molecule is COc1ccc(C=Cc2c(Cl)cncc2Cl)c2c1oc1ccc([N+](=O)[O-])cc12. The number of nitro benzene ring substituents is 1. The molecule has 0 aliphatic heterocycles. The van der Waals surface area contributed by atoms with Crippen molar-refractivity contribution >= 4 is 63.0 Å². The maximum atomic E-state index is 11.2. The van der Waals surface area contributed by atoms with Gasteiger partial charge in [0.25, 0.3) is 5.69 Å². The largest absolute Gasteiger partial charge is 0.493 e. The van der Waals surface area contributed by atoms with E-state index in [1.54, 1.807) is 18.2 Å². The number of methoxy groups -OCH3 is 1. The van der Waals surface area contributed by atoms with Crippen molar-refractivity contribution < 1.29 is 14.1 Å². The Morgan fingerprint density at radius 3 is 2.57 bits per heavy atom. The topological polar surface area (TPSA) is 78.4 Å². The van der Waals surface area contributed by atoms with E-state index in [4.69, 9.17) is 32.4 Å². The van der Waals surface area contributed by atoms with Gasteiger partial charge in [-0.3, -0.25) is 15.1 Å². The van der Waals surface area contributed by atoms with E-state index in [1.807, 2.05) is 12.1 Å². The Balaban J connectivity index is 1.98. The number of pyridine rings is 1. The van der Waals surface area contributed by atoms with E-state index in [9.17, 15) is 10.1 Å².